The minimum atomic E-state index is 0.449. The smallest absolute Gasteiger partial charge is 0.143 e. The molecule has 1 atom stereocenters. The van der Waals surface area contributed by atoms with Gasteiger partial charge in [0.2, 0.25) is 0 Å². The number of nitrogens with zero attached hydrogens (tertiary/aromatic N) is 2. The van der Waals surface area contributed by atoms with Crippen molar-refractivity contribution in [1.82, 2.24) is 4.90 Å². The topological polar surface area (TPSA) is 24.9 Å². The summed E-state index contributed by atoms with van der Waals surface area (Å²) < 4.78 is 11.4. The highest BCUT2D eigenvalue weighted by molar-refractivity contribution is 5.73. The van der Waals surface area contributed by atoms with E-state index in [1.807, 2.05) is 12.1 Å². The van der Waals surface area contributed by atoms with E-state index < -0.39 is 0 Å². The number of para-hydroxylation sites is 3. The van der Waals surface area contributed by atoms with Crippen LogP contribution in [0.25, 0.3) is 0 Å². The van der Waals surface area contributed by atoms with Crippen molar-refractivity contribution in [3.05, 3.63) is 83.9 Å². The summed E-state index contributed by atoms with van der Waals surface area (Å²) in [6.07, 6.45) is 2.22. The summed E-state index contributed by atoms with van der Waals surface area (Å²) in [5.74, 6) is 1.89. The first-order valence-corrected chi connectivity index (χ1v) is 10.8. The van der Waals surface area contributed by atoms with Crippen molar-refractivity contribution < 1.29 is 9.47 Å². The molecule has 4 nitrogen and oxygen atoms in total. The fourth-order valence-electron chi connectivity index (χ4n) is 4.63. The van der Waals surface area contributed by atoms with Gasteiger partial charge in [0.05, 0.1) is 12.8 Å². The van der Waals surface area contributed by atoms with Gasteiger partial charge in [0.25, 0.3) is 0 Å². The molecule has 1 saturated heterocycles. The molecule has 2 aliphatic heterocycles. The Morgan fingerprint density at radius 1 is 0.933 bits per heavy atom. The molecule has 0 amide bonds. The molecule has 5 rings (SSSR count). The molecule has 0 aromatic heterocycles. The molecule has 154 valence electrons. The number of ether oxygens (including phenoxy) is 2. The molecule has 30 heavy (non-hydrogen) atoms. The maximum absolute atomic E-state index is 6.15. The molecule has 0 radical (unpaired) electrons. The minimum Gasteiger partial charge on any atom is -0.497 e. The predicted molar refractivity (Wildman–Crippen MR) is 121 cm³/mol. The third kappa shape index (κ3) is 3.75. The van der Waals surface area contributed by atoms with Gasteiger partial charge in [-0.2, -0.15) is 0 Å². The van der Waals surface area contributed by atoms with E-state index in [2.05, 4.69) is 70.5 Å². The zero-order valence-electron chi connectivity index (χ0n) is 17.5. The van der Waals surface area contributed by atoms with Crippen LogP contribution in [0.5, 0.6) is 11.5 Å². The SMILES string of the molecule is COc1ccc(CCN2CCC(N3c4ccccc4COc4ccccc43)C2)cc1. The summed E-state index contributed by atoms with van der Waals surface area (Å²) in [5.41, 5.74) is 5.08. The van der Waals surface area contributed by atoms with Crippen molar-refractivity contribution in [3.63, 3.8) is 0 Å². The third-order valence-electron chi connectivity index (χ3n) is 6.25. The Morgan fingerprint density at radius 3 is 2.53 bits per heavy atom. The second-order valence-corrected chi connectivity index (χ2v) is 8.10. The second-order valence-electron chi connectivity index (χ2n) is 8.10. The van der Waals surface area contributed by atoms with Crippen LogP contribution in [0.4, 0.5) is 11.4 Å². The second kappa shape index (κ2) is 8.41. The van der Waals surface area contributed by atoms with Gasteiger partial charge in [-0.05, 0) is 48.7 Å². The van der Waals surface area contributed by atoms with Gasteiger partial charge in [-0.15, -0.1) is 0 Å². The van der Waals surface area contributed by atoms with Crippen LogP contribution in [0.15, 0.2) is 72.8 Å². The summed E-state index contributed by atoms with van der Waals surface area (Å²) >= 11 is 0. The number of hydrogen-bond acceptors (Lipinski definition) is 4. The van der Waals surface area contributed by atoms with Gasteiger partial charge >= 0.3 is 0 Å². The summed E-state index contributed by atoms with van der Waals surface area (Å²) in [5, 5.41) is 0. The number of hydrogen-bond donors (Lipinski definition) is 0. The first-order chi connectivity index (χ1) is 14.8. The van der Waals surface area contributed by atoms with E-state index in [9.17, 15) is 0 Å². The van der Waals surface area contributed by atoms with Crippen LogP contribution in [0.3, 0.4) is 0 Å². The summed E-state index contributed by atoms with van der Waals surface area (Å²) in [7, 11) is 1.71. The highest BCUT2D eigenvalue weighted by atomic mass is 16.5. The van der Waals surface area contributed by atoms with Crippen molar-refractivity contribution >= 4 is 11.4 Å². The monoisotopic (exact) mass is 400 g/mol. The van der Waals surface area contributed by atoms with Crippen LogP contribution < -0.4 is 14.4 Å². The largest absolute Gasteiger partial charge is 0.497 e. The third-order valence-corrected chi connectivity index (χ3v) is 6.25. The van der Waals surface area contributed by atoms with E-state index in [0.29, 0.717) is 12.6 Å². The van der Waals surface area contributed by atoms with E-state index in [0.717, 1.165) is 44.0 Å². The van der Waals surface area contributed by atoms with Gasteiger partial charge in [-0.25, -0.2) is 0 Å². The molecule has 0 saturated carbocycles. The average molecular weight is 401 g/mol. The Bertz CT molecular complexity index is 954. The van der Waals surface area contributed by atoms with Gasteiger partial charge in [0.1, 0.15) is 18.1 Å². The number of anilines is 2. The van der Waals surface area contributed by atoms with Crippen LogP contribution in [0.1, 0.15) is 17.5 Å². The molecular weight excluding hydrogens is 372 g/mol. The van der Waals surface area contributed by atoms with Crippen LogP contribution >= 0.6 is 0 Å². The molecule has 2 heterocycles. The van der Waals surface area contributed by atoms with Crippen molar-refractivity contribution in [2.75, 3.05) is 31.6 Å². The fraction of sp³-hybridized carbons (Fsp3) is 0.308. The summed E-state index contributed by atoms with van der Waals surface area (Å²) in [4.78, 5) is 5.11. The summed E-state index contributed by atoms with van der Waals surface area (Å²) in [6.45, 7) is 3.90. The molecule has 1 fully saturated rings. The fourth-order valence-corrected chi connectivity index (χ4v) is 4.63. The number of methoxy groups -OCH3 is 1. The maximum atomic E-state index is 6.15. The van der Waals surface area contributed by atoms with Gasteiger partial charge in [-0.1, -0.05) is 42.5 Å². The number of rotatable bonds is 5. The molecule has 1 unspecified atom stereocenters. The van der Waals surface area contributed by atoms with Crippen LogP contribution in [-0.2, 0) is 13.0 Å². The Morgan fingerprint density at radius 2 is 1.70 bits per heavy atom. The van der Waals surface area contributed by atoms with E-state index in [4.69, 9.17) is 9.47 Å². The Hall–Kier alpha value is -2.98. The lowest BCUT2D eigenvalue weighted by Crippen LogP contribution is -2.35. The van der Waals surface area contributed by atoms with E-state index in [1.54, 1.807) is 7.11 Å². The van der Waals surface area contributed by atoms with Gasteiger partial charge in [0, 0.05) is 36.9 Å². The van der Waals surface area contributed by atoms with Crippen LogP contribution in [-0.4, -0.2) is 37.7 Å². The first kappa shape index (κ1) is 19.0. The Kier molecular flexibility index (Phi) is 5.33. The van der Waals surface area contributed by atoms with E-state index in [-0.39, 0.29) is 0 Å². The zero-order chi connectivity index (χ0) is 20.3. The lowest BCUT2D eigenvalue weighted by atomic mass is 10.1. The highest BCUT2D eigenvalue weighted by Crippen LogP contribution is 2.42. The van der Waals surface area contributed by atoms with Crippen molar-refractivity contribution in [2.45, 2.75) is 25.5 Å². The molecule has 2 aliphatic rings. The quantitative estimate of drug-likeness (QED) is 0.599. The van der Waals surface area contributed by atoms with Gasteiger partial charge in [-0.3, -0.25) is 0 Å². The number of benzene rings is 3. The molecule has 3 aromatic carbocycles. The summed E-state index contributed by atoms with van der Waals surface area (Å²) in [6, 6.07) is 26.0. The van der Waals surface area contributed by atoms with Crippen LogP contribution in [0, 0.1) is 0 Å². The Labute approximate surface area is 178 Å². The van der Waals surface area contributed by atoms with E-state index in [1.165, 1.54) is 22.5 Å². The number of fused-ring (bicyclic) bond motifs is 2. The zero-order valence-corrected chi connectivity index (χ0v) is 17.5. The molecule has 4 heteroatoms. The minimum absolute atomic E-state index is 0.449. The van der Waals surface area contributed by atoms with Crippen molar-refractivity contribution in [2.24, 2.45) is 0 Å². The lowest BCUT2D eigenvalue weighted by molar-refractivity contribution is 0.310. The molecule has 0 N–H and O–H groups in total. The van der Waals surface area contributed by atoms with Gasteiger partial charge < -0.3 is 19.3 Å². The number of likely N-dealkylation sites (tertiary alicyclic amines) is 1. The van der Waals surface area contributed by atoms with Gasteiger partial charge in [0.15, 0.2) is 0 Å². The normalized spacial score (nSPS) is 18.3. The molecular formula is C26H28N2O2. The van der Waals surface area contributed by atoms with Crippen molar-refractivity contribution in [3.8, 4) is 11.5 Å². The molecule has 3 aromatic rings. The highest BCUT2D eigenvalue weighted by Gasteiger charge is 2.32. The molecule has 0 bridgehead atoms. The Balaban J connectivity index is 1.33. The predicted octanol–water partition coefficient (Wildman–Crippen LogP) is 5.04. The maximum Gasteiger partial charge on any atom is 0.143 e. The van der Waals surface area contributed by atoms with Crippen LogP contribution in [0.2, 0.25) is 0 Å². The average Bonchev–Trinajstić information content (AvgIpc) is 3.20. The molecule has 0 spiro atoms. The van der Waals surface area contributed by atoms with Crippen molar-refractivity contribution in [1.29, 1.82) is 0 Å². The lowest BCUT2D eigenvalue weighted by Gasteiger charge is -2.32. The standard InChI is InChI=1S/C26H28N2O2/c1-29-23-12-10-20(11-13-23)14-16-27-17-15-22(18-27)28-24-7-3-2-6-21(24)19-30-26-9-5-4-8-25(26)28/h2-13,22H,14-19H2,1H3. The molecule has 0 aliphatic carbocycles. The van der Waals surface area contributed by atoms with E-state index >= 15 is 0 Å². The first-order valence-electron chi connectivity index (χ1n) is 10.8.